The summed E-state index contributed by atoms with van der Waals surface area (Å²) in [6.07, 6.45) is 2.34. The lowest BCUT2D eigenvalue weighted by Gasteiger charge is -2.16. The van der Waals surface area contributed by atoms with Gasteiger partial charge in [-0.3, -0.25) is 19.7 Å². The Kier molecular flexibility index (Phi) is 6.01. The number of carbonyl (C=O) groups excluding carboxylic acids is 2. The fourth-order valence-corrected chi connectivity index (χ4v) is 4.50. The predicted octanol–water partition coefficient (Wildman–Crippen LogP) is 4.69. The zero-order valence-corrected chi connectivity index (χ0v) is 19.0. The number of nitrogens with one attached hydrogen (secondary N) is 2. The van der Waals surface area contributed by atoms with Crippen LogP contribution in [-0.2, 0) is 16.0 Å². The lowest BCUT2D eigenvalue weighted by atomic mass is 9.99. The molecule has 2 aliphatic rings. The van der Waals surface area contributed by atoms with E-state index in [2.05, 4.69) is 10.6 Å². The number of likely N-dealkylation sites (tertiary alicyclic amines) is 1. The molecule has 8 heteroatoms. The van der Waals surface area contributed by atoms with E-state index in [-0.39, 0.29) is 17.5 Å². The Labute approximate surface area is 202 Å². The zero-order chi connectivity index (χ0) is 24.4. The van der Waals surface area contributed by atoms with Gasteiger partial charge in [-0.05, 0) is 42.2 Å². The van der Waals surface area contributed by atoms with Crippen LogP contribution in [0.4, 0.5) is 17.1 Å². The minimum Gasteiger partial charge on any atom is -0.354 e. The molecule has 0 aliphatic carbocycles. The number of fused-ring (bicyclic) bond motifs is 1. The number of carbonyl (C=O) groups is 2. The van der Waals surface area contributed by atoms with Gasteiger partial charge in [-0.1, -0.05) is 42.5 Å². The normalized spacial score (nSPS) is 16.2. The van der Waals surface area contributed by atoms with Gasteiger partial charge in [-0.2, -0.15) is 0 Å². The number of nitro groups is 1. The number of nitrogens with zero attached hydrogens (tertiary/aromatic N) is 2. The van der Waals surface area contributed by atoms with Gasteiger partial charge in [0.2, 0.25) is 5.91 Å². The van der Waals surface area contributed by atoms with Crippen LogP contribution in [0.25, 0.3) is 11.3 Å². The van der Waals surface area contributed by atoms with E-state index in [1.807, 2.05) is 59.5 Å². The van der Waals surface area contributed by atoms with Crippen LogP contribution in [0.1, 0.15) is 29.5 Å². The largest absolute Gasteiger partial charge is 0.354 e. The molecule has 35 heavy (non-hydrogen) atoms. The molecule has 0 saturated carbocycles. The smallest absolute Gasteiger partial charge is 0.270 e. The highest BCUT2D eigenvalue weighted by Crippen LogP contribution is 2.39. The average Bonchev–Trinajstić information content (AvgIpc) is 3.43. The molecule has 1 fully saturated rings. The number of amides is 2. The standard InChI is InChI=1S/C27H24N4O4/c32-24-7-4-15-30(24)16-14-18-8-10-20(11-9-18)28-26(19-5-2-1-3-6-19)25-22-17-21(31(34)35)12-13-23(22)29-27(25)33/h1-3,5-6,8-13,17,28H,4,7,14-16H2,(H,29,33)/b26-25-. The molecular weight excluding hydrogens is 444 g/mol. The highest BCUT2D eigenvalue weighted by atomic mass is 16.6. The van der Waals surface area contributed by atoms with Gasteiger partial charge in [0.1, 0.15) is 0 Å². The summed E-state index contributed by atoms with van der Waals surface area (Å²) in [5.74, 6) is -0.100. The maximum Gasteiger partial charge on any atom is 0.270 e. The molecule has 2 heterocycles. The Morgan fingerprint density at radius 3 is 2.49 bits per heavy atom. The van der Waals surface area contributed by atoms with Crippen molar-refractivity contribution in [1.82, 2.24) is 4.90 Å². The molecule has 2 aliphatic heterocycles. The van der Waals surface area contributed by atoms with Crippen LogP contribution in [0.2, 0.25) is 0 Å². The summed E-state index contributed by atoms with van der Waals surface area (Å²) in [6, 6.07) is 21.7. The number of rotatable bonds is 7. The Morgan fingerprint density at radius 1 is 1.03 bits per heavy atom. The second-order valence-corrected chi connectivity index (χ2v) is 8.61. The minimum absolute atomic E-state index is 0.0778. The van der Waals surface area contributed by atoms with E-state index in [1.54, 1.807) is 6.07 Å². The maximum absolute atomic E-state index is 13.0. The molecule has 1 saturated heterocycles. The third-order valence-corrected chi connectivity index (χ3v) is 6.34. The number of benzene rings is 3. The number of hydrogen-bond acceptors (Lipinski definition) is 5. The first-order valence-electron chi connectivity index (χ1n) is 11.5. The molecule has 3 aromatic carbocycles. The van der Waals surface area contributed by atoms with Crippen molar-refractivity contribution in [3.05, 3.63) is 99.6 Å². The molecule has 2 amide bonds. The SMILES string of the molecule is O=C1Nc2ccc([N+](=O)[O-])cc2/C1=C(/Nc1ccc(CCN2CCCC2=O)cc1)c1ccccc1. The molecule has 0 spiro atoms. The molecule has 0 atom stereocenters. The second kappa shape index (κ2) is 9.42. The summed E-state index contributed by atoms with van der Waals surface area (Å²) in [4.78, 5) is 37.6. The van der Waals surface area contributed by atoms with Gasteiger partial charge in [0, 0.05) is 48.6 Å². The molecule has 0 radical (unpaired) electrons. The van der Waals surface area contributed by atoms with Gasteiger partial charge in [0.15, 0.2) is 0 Å². The first-order valence-corrected chi connectivity index (χ1v) is 11.5. The van der Waals surface area contributed by atoms with Crippen molar-refractivity contribution < 1.29 is 14.5 Å². The van der Waals surface area contributed by atoms with Crippen molar-refractivity contribution >= 4 is 40.1 Å². The first-order chi connectivity index (χ1) is 17.0. The van der Waals surface area contributed by atoms with Gasteiger partial charge in [0.05, 0.1) is 16.2 Å². The Morgan fingerprint density at radius 2 is 1.80 bits per heavy atom. The molecule has 0 unspecified atom stereocenters. The van der Waals surface area contributed by atoms with Crippen LogP contribution in [0.5, 0.6) is 0 Å². The molecule has 2 N–H and O–H groups in total. The molecule has 0 aromatic heterocycles. The lowest BCUT2D eigenvalue weighted by molar-refractivity contribution is -0.384. The van der Waals surface area contributed by atoms with Crippen molar-refractivity contribution in [3.8, 4) is 0 Å². The monoisotopic (exact) mass is 468 g/mol. The quantitative estimate of drug-likeness (QED) is 0.297. The van der Waals surface area contributed by atoms with Crippen molar-refractivity contribution in [2.45, 2.75) is 19.3 Å². The van der Waals surface area contributed by atoms with Crippen LogP contribution >= 0.6 is 0 Å². The summed E-state index contributed by atoms with van der Waals surface area (Å²) in [6.45, 7) is 1.54. The number of nitro benzene ring substituents is 1. The van der Waals surface area contributed by atoms with Crippen molar-refractivity contribution in [2.24, 2.45) is 0 Å². The third-order valence-electron chi connectivity index (χ3n) is 6.34. The molecule has 8 nitrogen and oxygen atoms in total. The second-order valence-electron chi connectivity index (χ2n) is 8.61. The van der Waals surface area contributed by atoms with Crippen LogP contribution < -0.4 is 10.6 Å². The van der Waals surface area contributed by atoms with E-state index in [9.17, 15) is 19.7 Å². The predicted molar refractivity (Wildman–Crippen MR) is 135 cm³/mol. The highest BCUT2D eigenvalue weighted by molar-refractivity contribution is 6.37. The summed E-state index contributed by atoms with van der Waals surface area (Å²) < 4.78 is 0. The summed E-state index contributed by atoms with van der Waals surface area (Å²) >= 11 is 0. The molecule has 5 rings (SSSR count). The van der Waals surface area contributed by atoms with Crippen LogP contribution in [0, 0.1) is 10.1 Å². The molecule has 0 bridgehead atoms. The van der Waals surface area contributed by atoms with Crippen LogP contribution in [0.15, 0.2) is 72.8 Å². The Hall–Kier alpha value is -4.46. The number of hydrogen-bond donors (Lipinski definition) is 2. The Balaban J connectivity index is 1.46. The Bertz CT molecular complexity index is 1330. The fourth-order valence-electron chi connectivity index (χ4n) is 4.50. The van der Waals surface area contributed by atoms with E-state index in [0.717, 1.165) is 36.2 Å². The number of anilines is 2. The van der Waals surface area contributed by atoms with Gasteiger partial charge in [0.25, 0.3) is 11.6 Å². The summed E-state index contributed by atoms with van der Waals surface area (Å²) in [7, 11) is 0. The van der Waals surface area contributed by atoms with Gasteiger partial charge in [-0.25, -0.2) is 0 Å². The van der Waals surface area contributed by atoms with E-state index >= 15 is 0 Å². The van der Waals surface area contributed by atoms with E-state index in [0.29, 0.717) is 35.5 Å². The van der Waals surface area contributed by atoms with Gasteiger partial charge < -0.3 is 15.5 Å². The van der Waals surface area contributed by atoms with Crippen LogP contribution in [-0.4, -0.2) is 34.7 Å². The summed E-state index contributed by atoms with van der Waals surface area (Å²) in [5.41, 5.74) is 4.55. The van der Waals surface area contributed by atoms with E-state index < -0.39 is 4.92 Å². The van der Waals surface area contributed by atoms with E-state index in [1.165, 1.54) is 12.1 Å². The lowest BCUT2D eigenvalue weighted by Crippen LogP contribution is -2.26. The topological polar surface area (TPSA) is 105 Å². The fraction of sp³-hybridized carbons (Fsp3) is 0.185. The zero-order valence-electron chi connectivity index (χ0n) is 19.0. The minimum atomic E-state index is -0.468. The first kappa shape index (κ1) is 22.3. The summed E-state index contributed by atoms with van der Waals surface area (Å²) in [5, 5.41) is 17.5. The van der Waals surface area contributed by atoms with Crippen molar-refractivity contribution in [2.75, 3.05) is 23.7 Å². The highest BCUT2D eigenvalue weighted by Gasteiger charge is 2.30. The van der Waals surface area contributed by atoms with Crippen molar-refractivity contribution in [3.63, 3.8) is 0 Å². The number of non-ortho nitro benzene ring substituents is 1. The third kappa shape index (κ3) is 4.63. The van der Waals surface area contributed by atoms with Gasteiger partial charge in [-0.15, -0.1) is 0 Å². The van der Waals surface area contributed by atoms with Gasteiger partial charge >= 0.3 is 0 Å². The van der Waals surface area contributed by atoms with Crippen LogP contribution in [0.3, 0.4) is 0 Å². The van der Waals surface area contributed by atoms with Crippen molar-refractivity contribution in [1.29, 1.82) is 0 Å². The molecule has 176 valence electrons. The maximum atomic E-state index is 13.0. The van der Waals surface area contributed by atoms with E-state index in [4.69, 9.17) is 0 Å². The average molecular weight is 469 g/mol. The molecule has 3 aromatic rings. The molecular formula is C27H24N4O4.